The number of unbranched alkanes of at least 4 members (excludes halogenated alkanes) is 13. The molecule has 0 aliphatic carbocycles. The van der Waals surface area contributed by atoms with Crippen LogP contribution in [-0.2, 0) is 16.0 Å². The largest absolute Gasteiger partial charge is 0.350 e. The molecule has 2 aliphatic rings. The molecule has 2 N–H and O–H groups in total. The summed E-state index contributed by atoms with van der Waals surface area (Å²) < 4.78 is 5.53. The van der Waals surface area contributed by atoms with Crippen LogP contribution in [0.1, 0.15) is 150 Å². The van der Waals surface area contributed by atoms with E-state index < -0.39 is 0 Å². The number of fused-ring (bicyclic) bond motifs is 1. The van der Waals surface area contributed by atoms with Crippen molar-refractivity contribution in [3.8, 4) is 0 Å². The summed E-state index contributed by atoms with van der Waals surface area (Å²) in [7, 11) is 0. The molecular formula is C31H52N2O3. The Balaban J connectivity index is 1.25. The lowest BCUT2D eigenvalue weighted by Crippen LogP contribution is -2.33. The number of nitrogens with one attached hydrogen (secondary N) is 2. The molecule has 5 heteroatoms. The molecular weight excluding hydrogens is 448 g/mol. The van der Waals surface area contributed by atoms with E-state index in [0.29, 0.717) is 18.2 Å². The molecule has 0 spiro atoms. The summed E-state index contributed by atoms with van der Waals surface area (Å²) in [5.74, 6) is -0.186. The van der Waals surface area contributed by atoms with Gasteiger partial charge in [-0.25, -0.2) is 10.3 Å². The average Bonchev–Trinajstić information content (AvgIpc) is 2.92. The second kappa shape index (κ2) is 17.9. The topological polar surface area (TPSA) is 59.6 Å². The van der Waals surface area contributed by atoms with Crippen molar-refractivity contribution in [3.05, 3.63) is 34.9 Å². The first kappa shape index (κ1) is 29.1. The Bertz CT molecular complexity index is 733. The van der Waals surface area contributed by atoms with E-state index in [-0.39, 0.29) is 12.2 Å². The number of amides is 1. The second-order valence-electron chi connectivity index (χ2n) is 10.9. The SMILES string of the molecule is CCCCCCCCCCCCCCCCC1NCCc2cc(C(=O)NOC3CCCCO3)ccc21. The van der Waals surface area contributed by atoms with Crippen molar-refractivity contribution in [2.75, 3.05) is 13.2 Å². The molecule has 1 amide bonds. The first-order valence-corrected chi connectivity index (χ1v) is 15.2. The molecule has 2 aliphatic heterocycles. The molecule has 5 nitrogen and oxygen atoms in total. The third-order valence-electron chi connectivity index (χ3n) is 7.83. The zero-order chi connectivity index (χ0) is 25.3. The van der Waals surface area contributed by atoms with Gasteiger partial charge in [-0.15, -0.1) is 0 Å². The van der Waals surface area contributed by atoms with Gasteiger partial charge in [-0.2, -0.15) is 0 Å². The van der Waals surface area contributed by atoms with Crippen LogP contribution in [0.4, 0.5) is 0 Å². The number of carbonyl (C=O) groups is 1. The van der Waals surface area contributed by atoms with E-state index in [1.54, 1.807) is 0 Å². The number of hydroxylamine groups is 1. The molecule has 0 bridgehead atoms. The molecule has 0 aromatic heterocycles. The van der Waals surface area contributed by atoms with Crippen molar-refractivity contribution < 1.29 is 14.4 Å². The van der Waals surface area contributed by atoms with Gasteiger partial charge in [-0.3, -0.25) is 4.79 Å². The second-order valence-corrected chi connectivity index (χ2v) is 10.9. The number of carbonyl (C=O) groups excluding carboxylic acids is 1. The van der Waals surface area contributed by atoms with Gasteiger partial charge < -0.3 is 10.1 Å². The third-order valence-corrected chi connectivity index (χ3v) is 7.83. The molecule has 0 radical (unpaired) electrons. The van der Waals surface area contributed by atoms with Gasteiger partial charge in [0.1, 0.15) is 0 Å². The van der Waals surface area contributed by atoms with Crippen molar-refractivity contribution in [3.63, 3.8) is 0 Å². The fourth-order valence-electron chi connectivity index (χ4n) is 5.58. The fourth-order valence-corrected chi connectivity index (χ4v) is 5.58. The summed E-state index contributed by atoms with van der Waals surface area (Å²) in [6.07, 6.45) is 24.3. The Morgan fingerprint density at radius 3 is 2.25 bits per heavy atom. The molecule has 36 heavy (non-hydrogen) atoms. The van der Waals surface area contributed by atoms with Gasteiger partial charge >= 0.3 is 0 Å². The number of hydrogen-bond acceptors (Lipinski definition) is 4. The first-order valence-electron chi connectivity index (χ1n) is 15.2. The maximum atomic E-state index is 12.6. The zero-order valence-corrected chi connectivity index (χ0v) is 23.0. The van der Waals surface area contributed by atoms with E-state index in [2.05, 4.69) is 29.9 Å². The Morgan fingerprint density at radius 2 is 1.61 bits per heavy atom. The molecule has 1 aromatic carbocycles. The highest BCUT2D eigenvalue weighted by atomic mass is 16.8. The van der Waals surface area contributed by atoms with Crippen LogP contribution in [0.5, 0.6) is 0 Å². The lowest BCUT2D eigenvalue weighted by molar-refractivity contribution is -0.186. The molecule has 1 aromatic rings. The fraction of sp³-hybridized carbons (Fsp3) is 0.774. The van der Waals surface area contributed by atoms with Gasteiger partial charge in [-0.05, 0) is 55.5 Å². The number of ether oxygens (including phenoxy) is 1. The van der Waals surface area contributed by atoms with Gasteiger partial charge in [-0.1, -0.05) is 103 Å². The summed E-state index contributed by atoms with van der Waals surface area (Å²) in [5, 5.41) is 3.70. The molecule has 3 rings (SSSR count). The molecule has 1 saturated heterocycles. The average molecular weight is 501 g/mol. The van der Waals surface area contributed by atoms with Crippen molar-refractivity contribution in [1.29, 1.82) is 0 Å². The Hall–Kier alpha value is -1.43. The molecule has 2 atom stereocenters. The van der Waals surface area contributed by atoms with E-state index in [9.17, 15) is 4.79 Å². The quantitative estimate of drug-likeness (QED) is 0.159. The van der Waals surface area contributed by atoms with E-state index in [4.69, 9.17) is 9.57 Å². The van der Waals surface area contributed by atoms with Gasteiger partial charge in [0.25, 0.3) is 5.91 Å². The van der Waals surface area contributed by atoms with Crippen LogP contribution < -0.4 is 10.8 Å². The maximum Gasteiger partial charge on any atom is 0.274 e. The predicted octanol–water partition coefficient (Wildman–Crippen LogP) is 7.93. The maximum absolute atomic E-state index is 12.6. The zero-order valence-electron chi connectivity index (χ0n) is 23.0. The van der Waals surface area contributed by atoms with E-state index in [1.807, 2.05) is 6.07 Å². The van der Waals surface area contributed by atoms with Gasteiger partial charge in [0.05, 0.1) is 0 Å². The highest BCUT2D eigenvalue weighted by Gasteiger charge is 2.21. The van der Waals surface area contributed by atoms with Crippen LogP contribution in [0.15, 0.2) is 18.2 Å². The minimum atomic E-state index is -0.320. The molecule has 0 saturated carbocycles. The first-order chi connectivity index (χ1) is 17.8. The molecule has 1 fully saturated rings. The summed E-state index contributed by atoms with van der Waals surface area (Å²) >= 11 is 0. The van der Waals surface area contributed by atoms with Crippen molar-refractivity contribution >= 4 is 5.91 Å². The summed E-state index contributed by atoms with van der Waals surface area (Å²) in [6, 6.07) is 6.54. The van der Waals surface area contributed by atoms with Crippen LogP contribution in [0, 0.1) is 0 Å². The minimum Gasteiger partial charge on any atom is -0.350 e. The molecule has 204 valence electrons. The van der Waals surface area contributed by atoms with E-state index in [1.165, 1.54) is 107 Å². The molecule has 2 unspecified atom stereocenters. The van der Waals surface area contributed by atoms with Crippen LogP contribution in [0.2, 0.25) is 0 Å². The summed E-state index contributed by atoms with van der Waals surface area (Å²) in [4.78, 5) is 18.0. The number of rotatable bonds is 18. The summed E-state index contributed by atoms with van der Waals surface area (Å²) in [6.45, 7) is 3.97. The van der Waals surface area contributed by atoms with Crippen LogP contribution >= 0.6 is 0 Å². The van der Waals surface area contributed by atoms with Gasteiger partial charge in [0.15, 0.2) is 6.29 Å². The standard InChI is InChI=1S/C31H52N2O3/c1-2-3-4-5-6-7-8-9-10-11-12-13-14-15-18-29-28-21-20-27(25-26(28)22-23-32-29)31(34)33-36-30-19-16-17-24-35-30/h20-21,25,29-30,32H,2-19,22-24H2,1H3,(H,33,34). The highest BCUT2D eigenvalue weighted by molar-refractivity contribution is 5.93. The van der Waals surface area contributed by atoms with E-state index in [0.717, 1.165) is 32.2 Å². The smallest absolute Gasteiger partial charge is 0.274 e. The molecule has 2 heterocycles. The monoisotopic (exact) mass is 500 g/mol. The van der Waals surface area contributed by atoms with Crippen molar-refractivity contribution in [1.82, 2.24) is 10.8 Å². The van der Waals surface area contributed by atoms with Gasteiger partial charge in [0, 0.05) is 24.6 Å². The Kier molecular flexibility index (Phi) is 14.5. The minimum absolute atomic E-state index is 0.186. The summed E-state index contributed by atoms with van der Waals surface area (Å²) in [5.41, 5.74) is 5.92. The Labute approximate surface area is 220 Å². The van der Waals surface area contributed by atoms with Gasteiger partial charge in [0.2, 0.25) is 0 Å². The van der Waals surface area contributed by atoms with Crippen molar-refractivity contribution in [2.24, 2.45) is 0 Å². The number of hydrogen-bond donors (Lipinski definition) is 2. The van der Waals surface area contributed by atoms with E-state index >= 15 is 0 Å². The van der Waals surface area contributed by atoms with Crippen LogP contribution in [0.3, 0.4) is 0 Å². The predicted molar refractivity (Wildman–Crippen MR) is 148 cm³/mol. The van der Waals surface area contributed by atoms with Crippen LogP contribution in [0.25, 0.3) is 0 Å². The normalized spacial score (nSPS) is 19.7. The Morgan fingerprint density at radius 1 is 0.944 bits per heavy atom. The van der Waals surface area contributed by atoms with Crippen molar-refractivity contribution in [2.45, 2.75) is 141 Å². The van der Waals surface area contributed by atoms with Crippen LogP contribution in [-0.4, -0.2) is 25.3 Å². The third kappa shape index (κ3) is 10.9. The number of benzene rings is 1. The highest BCUT2D eigenvalue weighted by Crippen LogP contribution is 2.28. The lowest BCUT2D eigenvalue weighted by Gasteiger charge is -2.27. The lowest BCUT2D eigenvalue weighted by atomic mass is 9.89.